The first-order valence-corrected chi connectivity index (χ1v) is 10.3. The maximum Gasteiger partial charge on any atom is 0.295 e. The number of rotatable bonds is 10. The van der Waals surface area contributed by atoms with Gasteiger partial charge in [-0.2, -0.15) is 0 Å². The SMILES string of the molecule is CCOc1ccc(C2/C(=C(\O)c3cccc([N+](=O)[O-])c3)C(=O)C(=O)N2CCOCCO)cc1. The van der Waals surface area contributed by atoms with E-state index in [4.69, 9.17) is 14.6 Å². The number of non-ortho nitro benzene ring substituents is 1. The van der Waals surface area contributed by atoms with E-state index in [0.717, 1.165) is 6.07 Å². The number of aliphatic hydroxyl groups excluding tert-OH is 2. The Kier molecular flexibility index (Phi) is 7.75. The van der Waals surface area contributed by atoms with Gasteiger partial charge in [-0.1, -0.05) is 24.3 Å². The highest BCUT2D eigenvalue weighted by atomic mass is 16.6. The summed E-state index contributed by atoms with van der Waals surface area (Å²) in [5.74, 6) is -1.63. The van der Waals surface area contributed by atoms with Crippen LogP contribution in [0.25, 0.3) is 5.76 Å². The molecular formula is C23H24N2O8. The fourth-order valence-electron chi connectivity index (χ4n) is 3.62. The van der Waals surface area contributed by atoms with Gasteiger partial charge >= 0.3 is 0 Å². The quantitative estimate of drug-likeness (QED) is 0.139. The molecule has 1 unspecified atom stereocenters. The summed E-state index contributed by atoms with van der Waals surface area (Å²) < 4.78 is 10.7. The minimum absolute atomic E-state index is 0.0359. The molecule has 0 spiro atoms. The van der Waals surface area contributed by atoms with Gasteiger partial charge in [0.15, 0.2) is 0 Å². The van der Waals surface area contributed by atoms with Crippen LogP contribution < -0.4 is 4.74 Å². The second-order valence-corrected chi connectivity index (χ2v) is 7.14. The molecular weight excluding hydrogens is 432 g/mol. The Hall–Kier alpha value is -3.76. The highest BCUT2D eigenvalue weighted by Crippen LogP contribution is 2.40. The van der Waals surface area contributed by atoms with Crippen molar-refractivity contribution in [3.63, 3.8) is 0 Å². The summed E-state index contributed by atoms with van der Waals surface area (Å²) in [6.07, 6.45) is 0. The van der Waals surface area contributed by atoms with E-state index in [9.17, 15) is 24.8 Å². The molecule has 1 heterocycles. The first kappa shape index (κ1) is 23.9. The Labute approximate surface area is 189 Å². The van der Waals surface area contributed by atoms with Gasteiger partial charge in [0.1, 0.15) is 11.5 Å². The van der Waals surface area contributed by atoms with Crippen LogP contribution in [0.15, 0.2) is 54.1 Å². The van der Waals surface area contributed by atoms with Crippen LogP contribution in [0.5, 0.6) is 5.75 Å². The Morgan fingerprint density at radius 3 is 2.52 bits per heavy atom. The van der Waals surface area contributed by atoms with E-state index in [-0.39, 0.29) is 43.2 Å². The smallest absolute Gasteiger partial charge is 0.295 e. The zero-order chi connectivity index (χ0) is 24.0. The number of nitro groups is 1. The van der Waals surface area contributed by atoms with Gasteiger partial charge in [-0.15, -0.1) is 0 Å². The average molecular weight is 456 g/mol. The zero-order valence-corrected chi connectivity index (χ0v) is 18.0. The van der Waals surface area contributed by atoms with E-state index >= 15 is 0 Å². The molecule has 0 radical (unpaired) electrons. The minimum atomic E-state index is -0.933. The normalized spacial score (nSPS) is 17.4. The van der Waals surface area contributed by atoms with Crippen LogP contribution in [-0.4, -0.2) is 64.7 Å². The largest absolute Gasteiger partial charge is 0.507 e. The predicted molar refractivity (Wildman–Crippen MR) is 118 cm³/mol. The van der Waals surface area contributed by atoms with Crippen molar-refractivity contribution in [2.45, 2.75) is 13.0 Å². The summed E-state index contributed by atoms with van der Waals surface area (Å²) in [5.41, 5.74) is 0.163. The standard InChI is InChI=1S/C23H24N2O8/c1-2-33-18-8-6-15(7-9-18)20-19(21(27)16-4-3-5-17(14-16)25(30)31)22(28)23(29)24(20)10-12-32-13-11-26/h3-9,14,20,26-27H,2,10-13H2,1H3/b21-19+. The summed E-state index contributed by atoms with van der Waals surface area (Å²) in [5, 5.41) is 31.0. The van der Waals surface area contributed by atoms with Crippen LogP contribution in [0, 0.1) is 10.1 Å². The van der Waals surface area contributed by atoms with Gasteiger partial charge in [0.2, 0.25) is 0 Å². The van der Waals surface area contributed by atoms with Crippen LogP contribution in [0.4, 0.5) is 5.69 Å². The van der Waals surface area contributed by atoms with Gasteiger partial charge in [-0.05, 0) is 24.6 Å². The topological polar surface area (TPSA) is 139 Å². The molecule has 2 aromatic rings. The number of hydrogen-bond acceptors (Lipinski definition) is 8. The number of hydrogen-bond donors (Lipinski definition) is 2. The first-order chi connectivity index (χ1) is 15.9. The van der Waals surface area contributed by atoms with E-state index in [1.165, 1.54) is 23.1 Å². The predicted octanol–water partition coefficient (Wildman–Crippen LogP) is 2.42. The van der Waals surface area contributed by atoms with Crippen molar-refractivity contribution in [1.29, 1.82) is 0 Å². The van der Waals surface area contributed by atoms with Crippen molar-refractivity contribution in [3.05, 3.63) is 75.3 Å². The Bertz CT molecular complexity index is 1060. The molecule has 0 aliphatic carbocycles. The number of carbonyl (C=O) groups is 2. The third-order valence-corrected chi connectivity index (χ3v) is 5.09. The summed E-state index contributed by atoms with van der Waals surface area (Å²) in [4.78, 5) is 37.6. The molecule has 0 aromatic heterocycles. The number of nitro benzene ring substituents is 1. The molecule has 1 atom stereocenters. The van der Waals surface area contributed by atoms with Crippen LogP contribution in [0.1, 0.15) is 24.1 Å². The number of benzene rings is 2. The van der Waals surface area contributed by atoms with Crippen LogP contribution in [0.2, 0.25) is 0 Å². The Morgan fingerprint density at radius 1 is 1.15 bits per heavy atom. The average Bonchev–Trinajstić information content (AvgIpc) is 3.07. The van der Waals surface area contributed by atoms with Gasteiger partial charge in [0.25, 0.3) is 17.4 Å². The molecule has 10 nitrogen and oxygen atoms in total. The van der Waals surface area contributed by atoms with Crippen LogP contribution >= 0.6 is 0 Å². The molecule has 2 N–H and O–H groups in total. The summed E-state index contributed by atoms with van der Waals surface area (Å²) in [6, 6.07) is 11.0. The monoisotopic (exact) mass is 456 g/mol. The summed E-state index contributed by atoms with van der Waals surface area (Å²) in [7, 11) is 0. The molecule has 33 heavy (non-hydrogen) atoms. The van der Waals surface area contributed by atoms with Gasteiger partial charge in [-0.25, -0.2) is 0 Å². The number of ether oxygens (including phenoxy) is 2. The number of likely N-dealkylation sites (tertiary alicyclic amines) is 1. The van der Waals surface area contributed by atoms with E-state index in [1.54, 1.807) is 24.3 Å². The number of aliphatic hydroxyl groups is 2. The molecule has 1 saturated heterocycles. The minimum Gasteiger partial charge on any atom is -0.507 e. The highest BCUT2D eigenvalue weighted by Gasteiger charge is 2.46. The van der Waals surface area contributed by atoms with Gasteiger partial charge in [-0.3, -0.25) is 19.7 Å². The Balaban J connectivity index is 2.08. The van der Waals surface area contributed by atoms with Crippen molar-refractivity contribution < 1.29 is 34.2 Å². The number of Topliss-reactive ketones (excluding diaryl/α,β-unsaturated/α-hetero) is 1. The van der Waals surface area contributed by atoms with Crippen molar-refractivity contribution in [2.75, 3.05) is 33.0 Å². The van der Waals surface area contributed by atoms with Gasteiger partial charge < -0.3 is 24.6 Å². The molecule has 174 valence electrons. The van der Waals surface area contributed by atoms with E-state index in [1.807, 2.05) is 6.92 Å². The van der Waals surface area contributed by atoms with Gasteiger partial charge in [0.05, 0.1) is 43.0 Å². The highest BCUT2D eigenvalue weighted by molar-refractivity contribution is 6.46. The lowest BCUT2D eigenvalue weighted by molar-refractivity contribution is -0.384. The number of carbonyl (C=O) groups excluding carboxylic acids is 2. The van der Waals surface area contributed by atoms with Crippen LogP contribution in [0.3, 0.4) is 0 Å². The Morgan fingerprint density at radius 2 is 1.88 bits per heavy atom. The van der Waals surface area contributed by atoms with Crippen LogP contribution in [-0.2, 0) is 14.3 Å². The molecule has 1 aliphatic rings. The molecule has 1 fully saturated rings. The molecule has 1 aliphatic heterocycles. The lowest BCUT2D eigenvalue weighted by Crippen LogP contribution is -2.33. The molecule has 2 aromatic carbocycles. The first-order valence-electron chi connectivity index (χ1n) is 10.3. The van der Waals surface area contributed by atoms with E-state index < -0.39 is 28.4 Å². The molecule has 0 saturated carbocycles. The summed E-state index contributed by atoms with van der Waals surface area (Å²) >= 11 is 0. The van der Waals surface area contributed by atoms with E-state index in [2.05, 4.69) is 0 Å². The third-order valence-electron chi connectivity index (χ3n) is 5.09. The zero-order valence-electron chi connectivity index (χ0n) is 18.0. The molecule has 3 rings (SSSR count). The third kappa shape index (κ3) is 5.18. The second-order valence-electron chi connectivity index (χ2n) is 7.14. The maximum absolute atomic E-state index is 12.9. The second kappa shape index (κ2) is 10.7. The molecule has 1 amide bonds. The van der Waals surface area contributed by atoms with E-state index in [0.29, 0.717) is 17.9 Å². The maximum atomic E-state index is 12.9. The van der Waals surface area contributed by atoms with Gasteiger partial charge in [0, 0.05) is 24.2 Å². The van der Waals surface area contributed by atoms with Crippen molar-refractivity contribution in [1.82, 2.24) is 4.90 Å². The number of amides is 1. The van der Waals surface area contributed by atoms with Crippen molar-refractivity contribution >= 4 is 23.1 Å². The fourth-order valence-corrected chi connectivity index (χ4v) is 3.62. The molecule has 10 heteroatoms. The molecule has 0 bridgehead atoms. The van der Waals surface area contributed by atoms with Crippen molar-refractivity contribution in [3.8, 4) is 5.75 Å². The number of nitrogens with zero attached hydrogens (tertiary/aromatic N) is 2. The van der Waals surface area contributed by atoms with Crippen molar-refractivity contribution in [2.24, 2.45) is 0 Å². The number of ketones is 1. The summed E-state index contributed by atoms with van der Waals surface area (Å²) in [6.45, 7) is 2.30. The fraction of sp³-hybridized carbons (Fsp3) is 0.304. The lowest BCUT2D eigenvalue weighted by Gasteiger charge is -2.25. The lowest BCUT2D eigenvalue weighted by atomic mass is 9.95.